The Hall–Kier alpha value is -0.420. The molecule has 0 amide bonds. The van der Waals surface area contributed by atoms with E-state index in [-0.39, 0.29) is 6.10 Å². The summed E-state index contributed by atoms with van der Waals surface area (Å²) in [5.74, 6) is 0. The molecule has 0 bridgehead atoms. The van der Waals surface area contributed by atoms with Gasteiger partial charge in [0.05, 0.1) is 19.3 Å². The van der Waals surface area contributed by atoms with Crippen molar-refractivity contribution in [1.29, 1.82) is 0 Å². The van der Waals surface area contributed by atoms with E-state index in [1.807, 2.05) is 11.4 Å². The van der Waals surface area contributed by atoms with Crippen molar-refractivity contribution in [3.05, 3.63) is 22.4 Å². The van der Waals surface area contributed by atoms with Crippen LogP contribution < -0.4 is 0 Å². The van der Waals surface area contributed by atoms with E-state index in [0.717, 1.165) is 13.1 Å². The van der Waals surface area contributed by atoms with Crippen LogP contribution in [-0.2, 0) is 11.3 Å². The molecule has 1 aromatic rings. The van der Waals surface area contributed by atoms with Gasteiger partial charge in [0.2, 0.25) is 0 Å². The predicted molar refractivity (Wildman–Crippen MR) is 74.9 cm³/mol. The predicted octanol–water partition coefficient (Wildman–Crippen LogP) is 2.50. The molecule has 2 heterocycles. The molecule has 4 heteroatoms. The molecule has 1 N–H and O–H groups in total. The van der Waals surface area contributed by atoms with E-state index in [4.69, 9.17) is 4.74 Å². The second-order valence-corrected chi connectivity index (χ2v) is 6.12. The van der Waals surface area contributed by atoms with Crippen molar-refractivity contribution in [3.63, 3.8) is 0 Å². The minimum Gasteiger partial charge on any atom is -0.389 e. The molecular weight excluding hydrogens is 246 g/mol. The average Bonchev–Trinajstić information content (AvgIpc) is 2.85. The molecule has 1 saturated heterocycles. The summed E-state index contributed by atoms with van der Waals surface area (Å²) in [7, 11) is 0. The zero-order valence-corrected chi connectivity index (χ0v) is 11.9. The molecule has 2 rings (SSSR count). The number of likely N-dealkylation sites (tertiary alicyclic amines) is 1. The zero-order valence-electron chi connectivity index (χ0n) is 11.0. The second-order valence-electron chi connectivity index (χ2n) is 5.09. The Balaban J connectivity index is 1.63. The summed E-state index contributed by atoms with van der Waals surface area (Å²) in [6, 6.07) is 4.68. The van der Waals surface area contributed by atoms with Gasteiger partial charge in [0.15, 0.2) is 0 Å². The highest BCUT2D eigenvalue weighted by molar-refractivity contribution is 7.09. The molecule has 0 radical (unpaired) electrons. The van der Waals surface area contributed by atoms with Gasteiger partial charge < -0.3 is 9.84 Å². The number of aliphatic hydroxyl groups is 1. The molecular formula is C14H23NO2S. The van der Waals surface area contributed by atoms with Crippen LogP contribution in [0.25, 0.3) is 0 Å². The lowest BCUT2D eigenvalue weighted by molar-refractivity contribution is -0.000741. The minimum atomic E-state index is -0.370. The number of β-amino-alcohol motifs (C(OH)–C–C–N with tert-alkyl or cyclic N) is 1. The fraction of sp³-hybridized carbons (Fsp3) is 0.714. The third-order valence-electron chi connectivity index (χ3n) is 3.52. The molecule has 1 aromatic heterocycles. The Bertz CT molecular complexity index is 329. The lowest BCUT2D eigenvalue weighted by atomic mass is 10.0. The first kappa shape index (κ1) is 14.0. The standard InChI is InChI=1S/C14H23NO2S/c1-12-5-2-3-7-15(12)9-13(16)10-17-11-14-6-4-8-18-14/h4,6,8,12-13,16H,2-3,5,7,9-11H2,1H3/t12-,13-/m1/s1. The maximum absolute atomic E-state index is 9.98. The van der Waals surface area contributed by atoms with Crippen molar-refractivity contribution >= 4 is 11.3 Å². The van der Waals surface area contributed by atoms with Crippen LogP contribution in [0, 0.1) is 0 Å². The number of ether oxygens (including phenoxy) is 1. The van der Waals surface area contributed by atoms with Gasteiger partial charge in [-0.2, -0.15) is 0 Å². The molecule has 0 unspecified atom stereocenters. The van der Waals surface area contributed by atoms with E-state index < -0.39 is 0 Å². The molecule has 0 spiro atoms. The van der Waals surface area contributed by atoms with Crippen LogP contribution in [0.3, 0.4) is 0 Å². The summed E-state index contributed by atoms with van der Waals surface area (Å²) < 4.78 is 5.55. The van der Waals surface area contributed by atoms with Gasteiger partial charge in [0, 0.05) is 17.5 Å². The number of aliphatic hydroxyl groups excluding tert-OH is 1. The average molecular weight is 269 g/mol. The van der Waals surface area contributed by atoms with E-state index in [0.29, 0.717) is 19.3 Å². The molecule has 18 heavy (non-hydrogen) atoms. The number of hydrogen-bond acceptors (Lipinski definition) is 4. The van der Waals surface area contributed by atoms with Gasteiger partial charge in [-0.3, -0.25) is 4.90 Å². The van der Waals surface area contributed by atoms with Gasteiger partial charge in [-0.05, 0) is 37.8 Å². The summed E-state index contributed by atoms with van der Waals surface area (Å²) >= 11 is 1.69. The van der Waals surface area contributed by atoms with Gasteiger partial charge in [-0.1, -0.05) is 12.5 Å². The Morgan fingerprint density at radius 2 is 2.44 bits per heavy atom. The molecule has 1 aliphatic heterocycles. The number of hydrogen-bond donors (Lipinski definition) is 1. The van der Waals surface area contributed by atoms with Crippen LogP contribution in [0.2, 0.25) is 0 Å². The van der Waals surface area contributed by atoms with Crippen LogP contribution in [0.1, 0.15) is 31.1 Å². The first-order chi connectivity index (χ1) is 8.75. The van der Waals surface area contributed by atoms with Crippen LogP contribution in [0.4, 0.5) is 0 Å². The van der Waals surface area contributed by atoms with Crippen LogP contribution in [0.5, 0.6) is 0 Å². The van der Waals surface area contributed by atoms with E-state index in [1.165, 1.54) is 24.1 Å². The first-order valence-corrected chi connectivity index (χ1v) is 7.66. The number of thiophene rings is 1. The first-order valence-electron chi connectivity index (χ1n) is 6.78. The van der Waals surface area contributed by atoms with Gasteiger partial charge in [0.25, 0.3) is 0 Å². The molecule has 1 aliphatic rings. The third kappa shape index (κ3) is 4.35. The fourth-order valence-corrected chi connectivity index (χ4v) is 3.08. The van der Waals surface area contributed by atoms with Crippen molar-refractivity contribution < 1.29 is 9.84 Å². The maximum Gasteiger partial charge on any atom is 0.0900 e. The summed E-state index contributed by atoms with van der Waals surface area (Å²) in [6.45, 7) is 5.15. The van der Waals surface area contributed by atoms with E-state index >= 15 is 0 Å². The number of piperidine rings is 1. The molecule has 3 nitrogen and oxygen atoms in total. The van der Waals surface area contributed by atoms with Crippen molar-refractivity contribution in [2.45, 2.75) is 44.9 Å². The van der Waals surface area contributed by atoms with Crippen molar-refractivity contribution in [3.8, 4) is 0 Å². The van der Waals surface area contributed by atoms with Gasteiger partial charge in [0.1, 0.15) is 0 Å². The largest absolute Gasteiger partial charge is 0.389 e. The van der Waals surface area contributed by atoms with Gasteiger partial charge >= 0.3 is 0 Å². The van der Waals surface area contributed by atoms with E-state index in [9.17, 15) is 5.11 Å². The third-order valence-corrected chi connectivity index (χ3v) is 4.37. The van der Waals surface area contributed by atoms with Crippen molar-refractivity contribution in [2.75, 3.05) is 19.7 Å². The highest BCUT2D eigenvalue weighted by Crippen LogP contribution is 2.16. The topological polar surface area (TPSA) is 32.7 Å². The monoisotopic (exact) mass is 269 g/mol. The van der Waals surface area contributed by atoms with E-state index in [2.05, 4.69) is 17.9 Å². The summed E-state index contributed by atoms with van der Waals surface area (Å²) in [4.78, 5) is 3.59. The highest BCUT2D eigenvalue weighted by Gasteiger charge is 2.20. The Kier molecular flexibility index (Phi) is 5.63. The minimum absolute atomic E-state index is 0.370. The number of nitrogens with zero attached hydrogens (tertiary/aromatic N) is 1. The smallest absolute Gasteiger partial charge is 0.0900 e. The van der Waals surface area contributed by atoms with E-state index in [1.54, 1.807) is 11.3 Å². The Labute approximate surface area is 113 Å². The maximum atomic E-state index is 9.98. The van der Waals surface area contributed by atoms with Crippen molar-refractivity contribution in [2.24, 2.45) is 0 Å². The molecule has 0 aromatic carbocycles. The van der Waals surface area contributed by atoms with Crippen LogP contribution in [-0.4, -0.2) is 41.8 Å². The molecule has 102 valence electrons. The lowest BCUT2D eigenvalue weighted by Gasteiger charge is -2.34. The lowest BCUT2D eigenvalue weighted by Crippen LogP contribution is -2.43. The molecule has 0 aliphatic carbocycles. The highest BCUT2D eigenvalue weighted by atomic mass is 32.1. The van der Waals surface area contributed by atoms with Crippen LogP contribution in [0.15, 0.2) is 17.5 Å². The summed E-state index contributed by atoms with van der Waals surface area (Å²) in [5, 5.41) is 12.0. The van der Waals surface area contributed by atoms with Gasteiger partial charge in [-0.15, -0.1) is 11.3 Å². The quantitative estimate of drug-likeness (QED) is 0.861. The Morgan fingerprint density at radius 3 is 3.17 bits per heavy atom. The molecule has 0 saturated carbocycles. The number of rotatable bonds is 6. The SMILES string of the molecule is C[C@@H]1CCCCN1C[C@@H](O)COCc1cccs1. The summed E-state index contributed by atoms with van der Waals surface area (Å²) in [6.07, 6.45) is 3.46. The second kappa shape index (κ2) is 7.24. The van der Waals surface area contributed by atoms with Crippen LogP contribution >= 0.6 is 11.3 Å². The van der Waals surface area contributed by atoms with Gasteiger partial charge in [-0.25, -0.2) is 0 Å². The Morgan fingerprint density at radius 1 is 1.56 bits per heavy atom. The normalized spacial score (nSPS) is 23.1. The van der Waals surface area contributed by atoms with Crippen molar-refractivity contribution in [1.82, 2.24) is 4.90 Å². The fourth-order valence-electron chi connectivity index (χ4n) is 2.44. The molecule has 2 atom stereocenters. The molecule has 1 fully saturated rings. The zero-order chi connectivity index (χ0) is 12.8. The summed E-state index contributed by atoms with van der Waals surface area (Å²) in [5.41, 5.74) is 0.